The lowest BCUT2D eigenvalue weighted by Gasteiger charge is -2.33. The first-order chi connectivity index (χ1) is 11.8. The van der Waals surface area contributed by atoms with Gasteiger partial charge in [0.1, 0.15) is 12.4 Å². The molecule has 0 aromatic rings. The zero-order valence-corrected chi connectivity index (χ0v) is 14.4. The van der Waals surface area contributed by atoms with E-state index in [4.69, 9.17) is 4.74 Å². The first kappa shape index (κ1) is 15.5. The Morgan fingerprint density at radius 2 is 2.00 bits per heavy atom. The molecule has 1 heteroatoms. The molecule has 0 aromatic carbocycles. The Balaban J connectivity index is 1.56. The summed E-state index contributed by atoms with van der Waals surface area (Å²) < 4.78 is 6.35. The number of rotatable bonds is 4. The van der Waals surface area contributed by atoms with Crippen LogP contribution < -0.4 is 0 Å². The second kappa shape index (κ2) is 6.84. The van der Waals surface area contributed by atoms with Crippen molar-refractivity contribution in [1.82, 2.24) is 0 Å². The lowest BCUT2D eigenvalue weighted by molar-refractivity contribution is 0.214. The first-order valence-electron chi connectivity index (χ1n) is 9.27. The highest BCUT2D eigenvalue weighted by Gasteiger charge is 2.29. The van der Waals surface area contributed by atoms with Crippen LogP contribution in [0.3, 0.4) is 0 Å². The van der Waals surface area contributed by atoms with Gasteiger partial charge >= 0.3 is 0 Å². The summed E-state index contributed by atoms with van der Waals surface area (Å²) in [5, 5.41) is 0. The topological polar surface area (TPSA) is 9.23 Å². The summed E-state index contributed by atoms with van der Waals surface area (Å²) in [7, 11) is 0. The molecule has 0 heterocycles. The zero-order chi connectivity index (χ0) is 16.4. The van der Waals surface area contributed by atoms with E-state index in [2.05, 4.69) is 43.0 Å². The van der Waals surface area contributed by atoms with Crippen molar-refractivity contribution in [1.29, 1.82) is 0 Å². The van der Waals surface area contributed by atoms with Crippen molar-refractivity contribution in [2.45, 2.75) is 44.9 Å². The molecule has 0 saturated carbocycles. The monoisotopic (exact) mass is 318 g/mol. The van der Waals surface area contributed by atoms with E-state index in [1.807, 2.05) is 6.08 Å². The molecule has 0 bridgehead atoms. The molecular formula is C23H26O. The molecule has 0 amide bonds. The Bertz CT molecular complexity index is 721. The summed E-state index contributed by atoms with van der Waals surface area (Å²) in [5.74, 6) is 1.78. The fourth-order valence-corrected chi connectivity index (χ4v) is 4.24. The molecule has 0 fully saturated rings. The minimum Gasteiger partial charge on any atom is -0.493 e. The fourth-order valence-electron chi connectivity index (χ4n) is 4.24. The van der Waals surface area contributed by atoms with E-state index in [9.17, 15) is 0 Å². The Morgan fingerprint density at radius 1 is 1.08 bits per heavy atom. The third-order valence-corrected chi connectivity index (χ3v) is 5.62. The van der Waals surface area contributed by atoms with Gasteiger partial charge in [-0.1, -0.05) is 54.7 Å². The van der Waals surface area contributed by atoms with Gasteiger partial charge < -0.3 is 4.74 Å². The van der Waals surface area contributed by atoms with Gasteiger partial charge in [-0.25, -0.2) is 0 Å². The second-order valence-corrected chi connectivity index (χ2v) is 7.12. The molecule has 124 valence electrons. The maximum absolute atomic E-state index is 6.35. The average Bonchev–Trinajstić information content (AvgIpc) is 2.66. The third kappa shape index (κ3) is 3.00. The molecule has 1 unspecified atom stereocenters. The van der Waals surface area contributed by atoms with E-state index in [-0.39, 0.29) is 0 Å². The van der Waals surface area contributed by atoms with Gasteiger partial charge in [0.2, 0.25) is 0 Å². The van der Waals surface area contributed by atoms with Crippen LogP contribution >= 0.6 is 0 Å². The van der Waals surface area contributed by atoms with Gasteiger partial charge in [0.05, 0.1) is 0 Å². The summed E-state index contributed by atoms with van der Waals surface area (Å²) in [6, 6.07) is 0. The van der Waals surface area contributed by atoms with Gasteiger partial charge in [-0.3, -0.25) is 0 Å². The molecule has 0 aromatic heterocycles. The third-order valence-electron chi connectivity index (χ3n) is 5.62. The maximum Gasteiger partial charge on any atom is 0.109 e. The van der Waals surface area contributed by atoms with Crippen molar-refractivity contribution in [2.75, 3.05) is 6.61 Å². The molecule has 1 atom stereocenters. The average molecular weight is 318 g/mol. The highest BCUT2D eigenvalue weighted by atomic mass is 16.5. The normalized spacial score (nSPS) is 25.8. The highest BCUT2D eigenvalue weighted by Crippen LogP contribution is 2.44. The van der Waals surface area contributed by atoms with Crippen LogP contribution in [0, 0.1) is 5.92 Å². The largest absolute Gasteiger partial charge is 0.493 e. The molecule has 4 aliphatic carbocycles. The summed E-state index contributed by atoms with van der Waals surface area (Å²) in [6.07, 6.45) is 23.7. The SMILES string of the molecule is C=CC1=CC=C(COC2=C3C=CCCC3=C3CCC=CC3C2)CC1. The molecule has 0 aliphatic heterocycles. The van der Waals surface area contributed by atoms with Crippen molar-refractivity contribution >= 4 is 0 Å². The van der Waals surface area contributed by atoms with Gasteiger partial charge in [-0.2, -0.15) is 0 Å². The molecule has 4 rings (SSSR count). The molecule has 24 heavy (non-hydrogen) atoms. The van der Waals surface area contributed by atoms with Gasteiger partial charge in [0.15, 0.2) is 0 Å². The second-order valence-electron chi connectivity index (χ2n) is 7.12. The van der Waals surface area contributed by atoms with E-state index in [1.165, 1.54) is 48.2 Å². The number of ether oxygens (including phenoxy) is 1. The van der Waals surface area contributed by atoms with Gasteiger partial charge in [-0.15, -0.1) is 0 Å². The van der Waals surface area contributed by atoms with Crippen molar-refractivity contribution in [3.05, 3.63) is 82.7 Å². The summed E-state index contributed by atoms with van der Waals surface area (Å²) in [4.78, 5) is 0. The van der Waals surface area contributed by atoms with Crippen molar-refractivity contribution in [3.8, 4) is 0 Å². The van der Waals surface area contributed by atoms with Crippen LogP contribution in [0.1, 0.15) is 44.9 Å². The van der Waals surface area contributed by atoms with E-state index >= 15 is 0 Å². The minimum absolute atomic E-state index is 0.576. The van der Waals surface area contributed by atoms with E-state index in [1.54, 1.807) is 11.1 Å². The lowest BCUT2D eigenvalue weighted by atomic mass is 9.74. The van der Waals surface area contributed by atoms with Crippen molar-refractivity contribution < 1.29 is 4.74 Å². The number of hydrogen-bond donors (Lipinski definition) is 0. The van der Waals surface area contributed by atoms with Crippen LogP contribution in [0.15, 0.2) is 82.7 Å². The van der Waals surface area contributed by atoms with E-state index in [0.29, 0.717) is 5.92 Å². The molecule has 0 radical (unpaired) electrons. The zero-order valence-electron chi connectivity index (χ0n) is 14.4. The predicted molar refractivity (Wildman–Crippen MR) is 100 cm³/mol. The predicted octanol–water partition coefficient (Wildman–Crippen LogP) is 6.11. The van der Waals surface area contributed by atoms with Gasteiger partial charge in [0, 0.05) is 17.9 Å². The van der Waals surface area contributed by atoms with Crippen LogP contribution in [0.2, 0.25) is 0 Å². The smallest absolute Gasteiger partial charge is 0.109 e. The Hall–Kier alpha value is -2.02. The van der Waals surface area contributed by atoms with Crippen molar-refractivity contribution in [2.24, 2.45) is 5.92 Å². The number of fused-ring (bicyclic) bond motifs is 2. The molecule has 4 aliphatic rings. The van der Waals surface area contributed by atoms with Crippen LogP contribution in [-0.2, 0) is 4.74 Å². The molecular weight excluding hydrogens is 292 g/mol. The summed E-state index contributed by atoms with van der Waals surface area (Å²) >= 11 is 0. The number of hydrogen-bond acceptors (Lipinski definition) is 1. The van der Waals surface area contributed by atoms with E-state index < -0.39 is 0 Å². The van der Waals surface area contributed by atoms with Crippen LogP contribution in [-0.4, -0.2) is 6.61 Å². The van der Waals surface area contributed by atoms with Gasteiger partial charge in [0.25, 0.3) is 0 Å². The van der Waals surface area contributed by atoms with E-state index in [0.717, 1.165) is 25.9 Å². The Morgan fingerprint density at radius 3 is 2.83 bits per heavy atom. The highest BCUT2D eigenvalue weighted by molar-refractivity contribution is 5.52. The fraction of sp³-hybridized carbons (Fsp3) is 0.391. The van der Waals surface area contributed by atoms with Crippen LogP contribution in [0.4, 0.5) is 0 Å². The molecule has 0 spiro atoms. The minimum atomic E-state index is 0.576. The van der Waals surface area contributed by atoms with Crippen molar-refractivity contribution in [3.63, 3.8) is 0 Å². The quantitative estimate of drug-likeness (QED) is 0.568. The Labute approximate surface area is 145 Å². The first-order valence-corrected chi connectivity index (χ1v) is 9.27. The molecule has 0 saturated heterocycles. The van der Waals surface area contributed by atoms with Crippen LogP contribution in [0.5, 0.6) is 0 Å². The summed E-state index contributed by atoms with van der Waals surface area (Å²) in [6.45, 7) is 4.59. The lowest BCUT2D eigenvalue weighted by Crippen LogP contribution is -2.19. The maximum atomic E-state index is 6.35. The summed E-state index contributed by atoms with van der Waals surface area (Å²) in [5.41, 5.74) is 7.38. The van der Waals surface area contributed by atoms with Gasteiger partial charge in [-0.05, 0) is 55.2 Å². The standard InChI is InChI=1S/C23H26O/c1-2-17-11-13-18(14-12-17)16-24-23-15-19-7-3-4-8-20(19)21-9-5-6-10-22(21)23/h2-3,6-7,10-11,13,19H,1,4-5,8-9,12,14-16H2. The molecule has 1 nitrogen and oxygen atoms in total. The molecule has 0 N–H and O–H groups in total. The Kier molecular flexibility index (Phi) is 4.42. The number of allylic oxidation sites excluding steroid dienone is 12. The van der Waals surface area contributed by atoms with Crippen LogP contribution in [0.25, 0.3) is 0 Å².